The molecule has 0 radical (unpaired) electrons. The van der Waals surface area contributed by atoms with E-state index >= 15 is 0 Å². The lowest BCUT2D eigenvalue weighted by atomic mass is 9.97. The van der Waals surface area contributed by atoms with Crippen LogP contribution in [-0.4, -0.2) is 44.9 Å². The number of piperidine rings is 1. The molecule has 1 saturated heterocycles. The first kappa shape index (κ1) is 14.8. The number of thiazole rings is 1. The van der Waals surface area contributed by atoms with Crippen molar-refractivity contribution in [3.8, 4) is 0 Å². The molecule has 5 heteroatoms. The van der Waals surface area contributed by atoms with Crippen LogP contribution in [0.2, 0.25) is 0 Å². The second-order valence-corrected chi connectivity index (χ2v) is 6.60. The van der Waals surface area contributed by atoms with Crippen LogP contribution in [0.15, 0.2) is 24.3 Å². The van der Waals surface area contributed by atoms with Gasteiger partial charge in [0.2, 0.25) is 0 Å². The van der Waals surface area contributed by atoms with Gasteiger partial charge in [0, 0.05) is 26.7 Å². The molecular formula is C16H23N3OS. The fourth-order valence-corrected chi connectivity index (χ4v) is 3.82. The molecular weight excluding hydrogens is 282 g/mol. The van der Waals surface area contributed by atoms with E-state index in [2.05, 4.69) is 34.5 Å². The monoisotopic (exact) mass is 305 g/mol. The summed E-state index contributed by atoms with van der Waals surface area (Å²) in [7, 11) is 1.75. The minimum absolute atomic E-state index is 0.785. The van der Waals surface area contributed by atoms with E-state index in [0.717, 1.165) is 44.2 Å². The average Bonchev–Trinajstić information content (AvgIpc) is 2.96. The summed E-state index contributed by atoms with van der Waals surface area (Å²) in [6.07, 6.45) is 2.49. The van der Waals surface area contributed by atoms with Gasteiger partial charge in [-0.1, -0.05) is 23.5 Å². The predicted molar refractivity (Wildman–Crippen MR) is 89.3 cm³/mol. The molecule has 0 unspecified atom stereocenters. The normalized spacial score (nSPS) is 16.7. The van der Waals surface area contributed by atoms with E-state index in [-0.39, 0.29) is 0 Å². The number of methoxy groups -OCH3 is 1. The third-order valence-corrected chi connectivity index (χ3v) is 5.18. The Morgan fingerprint density at radius 1 is 1.33 bits per heavy atom. The van der Waals surface area contributed by atoms with Crippen LogP contribution >= 0.6 is 11.3 Å². The van der Waals surface area contributed by atoms with Crippen LogP contribution < -0.4 is 10.2 Å². The number of benzene rings is 1. The Balaban J connectivity index is 1.51. The molecule has 2 heterocycles. The molecule has 1 fully saturated rings. The van der Waals surface area contributed by atoms with E-state index in [1.165, 1.54) is 22.7 Å². The Labute approximate surface area is 130 Å². The third kappa shape index (κ3) is 3.73. The van der Waals surface area contributed by atoms with Gasteiger partial charge in [0.1, 0.15) is 0 Å². The largest absolute Gasteiger partial charge is 0.383 e. The second-order valence-electron chi connectivity index (χ2n) is 5.59. The molecule has 1 aromatic heterocycles. The van der Waals surface area contributed by atoms with Gasteiger partial charge in [-0.3, -0.25) is 0 Å². The Bertz CT molecular complexity index is 530. The molecule has 1 aromatic carbocycles. The fourth-order valence-electron chi connectivity index (χ4n) is 2.80. The summed E-state index contributed by atoms with van der Waals surface area (Å²) in [5, 5.41) is 4.66. The van der Waals surface area contributed by atoms with E-state index in [9.17, 15) is 0 Å². The number of nitrogens with one attached hydrogen (secondary N) is 1. The molecule has 0 atom stereocenters. The fraction of sp³-hybridized carbons (Fsp3) is 0.562. The van der Waals surface area contributed by atoms with Crippen LogP contribution in [-0.2, 0) is 4.74 Å². The summed E-state index contributed by atoms with van der Waals surface area (Å²) < 4.78 is 6.35. The zero-order chi connectivity index (χ0) is 14.5. The topological polar surface area (TPSA) is 37.4 Å². The van der Waals surface area contributed by atoms with Crippen LogP contribution in [0.5, 0.6) is 0 Å². The Kier molecular flexibility index (Phi) is 5.06. The summed E-state index contributed by atoms with van der Waals surface area (Å²) in [6.45, 7) is 5.10. The van der Waals surface area contributed by atoms with E-state index < -0.39 is 0 Å². The minimum Gasteiger partial charge on any atom is -0.383 e. The first-order valence-electron chi connectivity index (χ1n) is 7.67. The highest BCUT2D eigenvalue weighted by Gasteiger charge is 2.21. The molecule has 0 saturated carbocycles. The van der Waals surface area contributed by atoms with Gasteiger partial charge in [0.15, 0.2) is 5.13 Å². The SMILES string of the molecule is COCCNCC1CCN(c2nc3ccccc3s2)CC1. The van der Waals surface area contributed by atoms with Gasteiger partial charge in [-0.25, -0.2) is 4.98 Å². The molecule has 21 heavy (non-hydrogen) atoms. The Morgan fingerprint density at radius 3 is 2.90 bits per heavy atom. The van der Waals surface area contributed by atoms with Crippen LogP contribution in [0.25, 0.3) is 10.2 Å². The zero-order valence-electron chi connectivity index (χ0n) is 12.5. The lowest BCUT2D eigenvalue weighted by Crippen LogP contribution is -2.37. The quantitative estimate of drug-likeness (QED) is 0.833. The lowest BCUT2D eigenvalue weighted by molar-refractivity contribution is 0.197. The van der Waals surface area contributed by atoms with Gasteiger partial charge in [0.25, 0.3) is 0 Å². The molecule has 1 aliphatic rings. The molecule has 4 nitrogen and oxygen atoms in total. The minimum atomic E-state index is 0.785. The molecule has 114 valence electrons. The average molecular weight is 305 g/mol. The van der Waals surface area contributed by atoms with E-state index in [0.29, 0.717) is 0 Å². The molecule has 3 rings (SSSR count). The van der Waals surface area contributed by atoms with E-state index in [4.69, 9.17) is 9.72 Å². The lowest BCUT2D eigenvalue weighted by Gasteiger charge is -2.31. The highest BCUT2D eigenvalue weighted by atomic mass is 32.1. The first-order valence-corrected chi connectivity index (χ1v) is 8.48. The van der Waals surface area contributed by atoms with Gasteiger partial charge in [-0.05, 0) is 37.4 Å². The van der Waals surface area contributed by atoms with Gasteiger partial charge >= 0.3 is 0 Å². The van der Waals surface area contributed by atoms with Crippen LogP contribution in [0.1, 0.15) is 12.8 Å². The van der Waals surface area contributed by atoms with E-state index in [1.54, 1.807) is 7.11 Å². The number of anilines is 1. The number of rotatable bonds is 6. The van der Waals surface area contributed by atoms with Crippen LogP contribution in [0, 0.1) is 5.92 Å². The number of aromatic nitrogens is 1. The standard InChI is InChI=1S/C16H23N3OS/c1-20-11-8-17-12-13-6-9-19(10-7-13)16-18-14-4-2-3-5-15(14)21-16/h2-5,13,17H,6-12H2,1H3. The van der Waals surface area contributed by atoms with Crippen LogP contribution in [0.3, 0.4) is 0 Å². The summed E-state index contributed by atoms with van der Waals surface area (Å²) >= 11 is 1.81. The smallest absolute Gasteiger partial charge is 0.186 e. The number of fused-ring (bicyclic) bond motifs is 1. The van der Waals surface area contributed by atoms with Crippen molar-refractivity contribution in [3.63, 3.8) is 0 Å². The number of hydrogen-bond acceptors (Lipinski definition) is 5. The van der Waals surface area contributed by atoms with Crippen molar-refractivity contribution in [2.24, 2.45) is 5.92 Å². The van der Waals surface area contributed by atoms with Gasteiger partial charge in [0.05, 0.1) is 16.8 Å². The third-order valence-electron chi connectivity index (χ3n) is 4.08. The predicted octanol–water partition coefficient (Wildman–Crippen LogP) is 2.75. The molecule has 1 N–H and O–H groups in total. The number of hydrogen-bond donors (Lipinski definition) is 1. The molecule has 0 amide bonds. The maximum absolute atomic E-state index is 5.06. The summed E-state index contributed by atoms with van der Waals surface area (Å²) in [5.41, 5.74) is 1.13. The number of para-hydroxylation sites is 1. The maximum Gasteiger partial charge on any atom is 0.186 e. The van der Waals surface area contributed by atoms with Crippen molar-refractivity contribution in [2.75, 3.05) is 44.8 Å². The van der Waals surface area contributed by atoms with Crippen molar-refractivity contribution in [3.05, 3.63) is 24.3 Å². The Hall–Kier alpha value is -1.17. The number of nitrogens with zero attached hydrogens (tertiary/aromatic N) is 2. The van der Waals surface area contributed by atoms with Crippen molar-refractivity contribution >= 4 is 26.7 Å². The van der Waals surface area contributed by atoms with Gasteiger partial charge in [-0.15, -0.1) is 0 Å². The summed E-state index contributed by atoms with van der Waals surface area (Å²) in [4.78, 5) is 7.20. The van der Waals surface area contributed by atoms with Gasteiger partial charge in [-0.2, -0.15) is 0 Å². The summed E-state index contributed by atoms with van der Waals surface area (Å²) in [5.74, 6) is 0.785. The maximum atomic E-state index is 5.06. The zero-order valence-corrected chi connectivity index (χ0v) is 13.4. The highest BCUT2D eigenvalue weighted by Crippen LogP contribution is 2.31. The van der Waals surface area contributed by atoms with Crippen molar-refractivity contribution in [1.29, 1.82) is 0 Å². The molecule has 2 aromatic rings. The Morgan fingerprint density at radius 2 is 2.14 bits per heavy atom. The molecule has 0 spiro atoms. The molecule has 0 aliphatic carbocycles. The van der Waals surface area contributed by atoms with Crippen molar-refractivity contribution < 1.29 is 4.74 Å². The van der Waals surface area contributed by atoms with E-state index in [1.807, 2.05) is 11.3 Å². The second kappa shape index (κ2) is 7.20. The number of ether oxygens (including phenoxy) is 1. The van der Waals surface area contributed by atoms with Crippen LogP contribution in [0.4, 0.5) is 5.13 Å². The molecule has 1 aliphatic heterocycles. The van der Waals surface area contributed by atoms with Gasteiger partial charge < -0.3 is 15.0 Å². The van der Waals surface area contributed by atoms with Crippen molar-refractivity contribution in [2.45, 2.75) is 12.8 Å². The first-order chi connectivity index (χ1) is 10.4. The highest BCUT2D eigenvalue weighted by molar-refractivity contribution is 7.22. The van der Waals surface area contributed by atoms with Crippen molar-refractivity contribution in [1.82, 2.24) is 10.3 Å². The molecule has 0 bridgehead atoms. The summed E-state index contributed by atoms with van der Waals surface area (Å²) in [6, 6.07) is 8.40.